The molecule has 0 unspecified atom stereocenters. The minimum Gasteiger partial charge on any atom is -0.490 e. The van der Waals surface area contributed by atoms with Gasteiger partial charge in [0.2, 0.25) is 0 Å². The number of ether oxygens (including phenoxy) is 2. The molecule has 1 N–H and O–H groups in total. The highest BCUT2D eigenvalue weighted by Crippen LogP contribution is 2.31. The highest BCUT2D eigenvalue weighted by Gasteiger charge is 2.40. The van der Waals surface area contributed by atoms with Crippen LogP contribution in [0.1, 0.15) is 38.2 Å². The van der Waals surface area contributed by atoms with Crippen molar-refractivity contribution < 1.29 is 23.9 Å². The maximum Gasteiger partial charge on any atom is 0.331 e. The van der Waals surface area contributed by atoms with Gasteiger partial charge in [-0.3, -0.25) is 19.8 Å². The van der Waals surface area contributed by atoms with Gasteiger partial charge in [0.25, 0.3) is 11.8 Å². The van der Waals surface area contributed by atoms with E-state index in [4.69, 9.17) is 9.47 Å². The van der Waals surface area contributed by atoms with Crippen molar-refractivity contribution in [3.8, 4) is 11.5 Å². The van der Waals surface area contributed by atoms with Gasteiger partial charge in [-0.1, -0.05) is 31.6 Å². The van der Waals surface area contributed by atoms with E-state index < -0.39 is 17.8 Å². The topological polar surface area (TPSA) is 84.9 Å². The summed E-state index contributed by atoms with van der Waals surface area (Å²) in [7, 11) is 0. The Kier molecular flexibility index (Phi) is 6.13. The Morgan fingerprint density at radius 1 is 1.18 bits per heavy atom. The Hall–Kier alpha value is -3.09. The molecule has 28 heavy (non-hydrogen) atoms. The Morgan fingerprint density at radius 2 is 1.93 bits per heavy atom. The molecule has 7 nitrogen and oxygen atoms in total. The van der Waals surface area contributed by atoms with Crippen molar-refractivity contribution in [1.82, 2.24) is 10.2 Å². The first-order valence-corrected chi connectivity index (χ1v) is 9.46. The summed E-state index contributed by atoms with van der Waals surface area (Å²) in [5.41, 5.74) is 0.544. The van der Waals surface area contributed by atoms with E-state index in [1.54, 1.807) is 24.3 Å². The van der Waals surface area contributed by atoms with E-state index in [-0.39, 0.29) is 11.6 Å². The summed E-state index contributed by atoms with van der Waals surface area (Å²) < 4.78 is 11.2. The van der Waals surface area contributed by atoms with Crippen LogP contribution in [0.4, 0.5) is 4.79 Å². The van der Waals surface area contributed by atoms with Gasteiger partial charge in [0, 0.05) is 6.04 Å². The summed E-state index contributed by atoms with van der Waals surface area (Å²) in [6.07, 6.45) is 6.59. The van der Waals surface area contributed by atoms with Crippen molar-refractivity contribution >= 4 is 23.9 Å². The van der Waals surface area contributed by atoms with Gasteiger partial charge < -0.3 is 9.47 Å². The molecule has 2 aliphatic rings. The number of amides is 4. The number of urea groups is 1. The highest BCUT2D eigenvalue weighted by molar-refractivity contribution is 6.31. The van der Waals surface area contributed by atoms with Gasteiger partial charge >= 0.3 is 6.03 Å². The van der Waals surface area contributed by atoms with Crippen molar-refractivity contribution in [2.75, 3.05) is 13.2 Å². The van der Waals surface area contributed by atoms with E-state index in [9.17, 15) is 14.4 Å². The molecule has 1 aromatic carbocycles. The van der Waals surface area contributed by atoms with Crippen molar-refractivity contribution in [1.29, 1.82) is 0 Å². The molecular weight excluding hydrogens is 360 g/mol. The molecule has 3 rings (SSSR count). The molecule has 1 aromatic rings. The zero-order valence-corrected chi connectivity index (χ0v) is 15.9. The molecular formula is C21H24N2O5. The summed E-state index contributed by atoms with van der Waals surface area (Å²) in [4.78, 5) is 38.5. The number of nitrogens with one attached hydrogen (secondary N) is 1. The molecule has 148 valence electrons. The average Bonchev–Trinajstić information content (AvgIpc) is 3.19. The van der Waals surface area contributed by atoms with Crippen LogP contribution in [0.2, 0.25) is 0 Å². The van der Waals surface area contributed by atoms with Crippen LogP contribution in [-0.4, -0.2) is 42.0 Å². The standard InChI is InChI=1S/C21H24N2O5/c1-3-11-28-17-10-9-14(13-18(17)27-4-2)12-16-19(24)22-21(26)23(20(16)25)15-7-5-6-8-15/h3,9-10,12-13,15H,1,4-8,11H2,2H3,(H,22,24,26)/b16-12+. The molecule has 0 spiro atoms. The number of carbonyl (C=O) groups is 3. The molecule has 1 saturated carbocycles. The smallest absolute Gasteiger partial charge is 0.331 e. The van der Waals surface area contributed by atoms with Crippen molar-refractivity contribution in [3.63, 3.8) is 0 Å². The average molecular weight is 384 g/mol. The van der Waals surface area contributed by atoms with E-state index in [2.05, 4.69) is 11.9 Å². The van der Waals surface area contributed by atoms with Gasteiger partial charge in [0.1, 0.15) is 12.2 Å². The lowest BCUT2D eigenvalue weighted by Crippen LogP contribution is -2.57. The number of barbiturate groups is 1. The Balaban J connectivity index is 1.90. The Labute approximate surface area is 164 Å². The molecule has 1 aliphatic heterocycles. The van der Waals surface area contributed by atoms with Crippen LogP contribution >= 0.6 is 0 Å². The Bertz CT molecular complexity index is 824. The SMILES string of the molecule is C=CCOc1ccc(/C=C2\C(=O)NC(=O)N(C3CCCC3)C2=O)cc1OCC. The van der Waals surface area contributed by atoms with Gasteiger partial charge in [0.15, 0.2) is 11.5 Å². The minimum absolute atomic E-state index is 0.0614. The summed E-state index contributed by atoms with van der Waals surface area (Å²) >= 11 is 0. The van der Waals surface area contributed by atoms with Gasteiger partial charge in [-0.15, -0.1) is 0 Å². The van der Waals surface area contributed by atoms with E-state index in [1.807, 2.05) is 6.92 Å². The molecule has 2 fully saturated rings. The number of nitrogens with zero attached hydrogens (tertiary/aromatic N) is 1. The van der Waals surface area contributed by atoms with Crippen LogP contribution in [0.5, 0.6) is 11.5 Å². The third-order valence-electron chi connectivity index (χ3n) is 4.76. The fourth-order valence-electron chi connectivity index (χ4n) is 3.48. The maximum absolute atomic E-state index is 12.9. The van der Waals surface area contributed by atoms with Crippen molar-refractivity contribution in [2.24, 2.45) is 0 Å². The summed E-state index contributed by atoms with van der Waals surface area (Å²) in [6, 6.07) is 4.35. The van der Waals surface area contributed by atoms with Crippen molar-refractivity contribution in [2.45, 2.75) is 38.6 Å². The fourth-order valence-corrected chi connectivity index (χ4v) is 3.48. The molecule has 0 radical (unpaired) electrons. The zero-order chi connectivity index (χ0) is 20.1. The van der Waals surface area contributed by atoms with E-state index in [0.717, 1.165) is 25.7 Å². The molecule has 4 amide bonds. The number of hydrogen-bond acceptors (Lipinski definition) is 5. The molecule has 0 bridgehead atoms. The van der Waals surface area contributed by atoms with Crippen molar-refractivity contribution in [3.05, 3.63) is 42.0 Å². The van der Waals surface area contributed by atoms with Crippen LogP contribution in [0.15, 0.2) is 36.4 Å². The first kappa shape index (κ1) is 19.7. The third-order valence-corrected chi connectivity index (χ3v) is 4.76. The Morgan fingerprint density at radius 3 is 2.61 bits per heavy atom. The van der Waals surface area contributed by atoms with E-state index >= 15 is 0 Å². The summed E-state index contributed by atoms with van der Waals surface area (Å²) in [6.45, 7) is 6.24. The second kappa shape index (κ2) is 8.73. The third kappa shape index (κ3) is 4.08. The summed E-state index contributed by atoms with van der Waals surface area (Å²) in [5, 5.41) is 2.28. The van der Waals surface area contributed by atoms with Crippen LogP contribution in [0, 0.1) is 0 Å². The molecule has 7 heteroatoms. The molecule has 0 aromatic heterocycles. The van der Waals surface area contributed by atoms with Crippen LogP contribution in [0.25, 0.3) is 6.08 Å². The second-order valence-electron chi connectivity index (χ2n) is 6.67. The monoisotopic (exact) mass is 384 g/mol. The quantitative estimate of drug-likeness (QED) is 0.444. The lowest BCUT2D eigenvalue weighted by Gasteiger charge is -2.31. The van der Waals surface area contributed by atoms with Gasteiger partial charge in [-0.2, -0.15) is 0 Å². The highest BCUT2D eigenvalue weighted by atomic mass is 16.5. The maximum atomic E-state index is 12.9. The van der Waals surface area contributed by atoms with Gasteiger partial charge in [-0.25, -0.2) is 4.79 Å². The number of rotatable bonds is 7. The van der Waals surface area contributed by atoms with Crippen LogP contribution in [0.3, 0.4) is 0 Å². The van der Waals surface area contributed by atoms with Gasteiger partial charge in [-0.05, 0) is 43.5 Å². The van der Waals surface area contributed by atoms with Gasteiger partial charge in [0.05, 0.1) is 6.61 Å². The minimum atomic E-state index is -0.686. The normalized spacial score (nSPS) is 19.1. The lowest BCUT2D eigenvalue weighted by molar-refractivity contribution is -0.131. The molecule has 1 saturated heterocycles. The second-order valence-corrected chi connectivity index (χ2v) is 6.67. The number of imide groups is 2. The lowest BCUT2D eigenvalue weighted by atomic mass is 10.0. The molecule has 0 atom stereocenters. The van der Waals surface area contributed by atoms with E-state index in [1.165, 1.54) is 11.0 Å². The van der Waals surface area contributed by atoms with E-state index in [0.29, 0.717) is 30.3 Å². The molecule has 1 heterocycles. The number of carbonyl (C=O) groups excluding carboxylic acids is 3. The first-order chi connectivity index (χ1) is 13.5. The number of hydrogen-bond donors (Lipinski definition) is 1. The van der Waals surface area contributed by atoms with Crippen LogP contribution < -0.4 is 14.8 Å². The fraction of sp³-hybridized carbons (Fsp3) is 0.381. The zero-order valence-electron chi connectivity index (χ0n) is 15.9. The van der Waals surface area contributed by atoms with Crippen LogP contribution in [-0.2, 0) is 9.59 Å². The first-order valence-electron chi connectivity index (χ1n) is 9.46. The molecule has 1 aliphatic carbocycles. The predicted molar refractivity (Wildman–Crippen MR) is 104 cm³/mol. The number of benzene rings is 1. The largest absolute Gasteiger partial charge is 0.490 e. The summed E-state index contributed by atoms with van der Waals surface area (Å²) in [5.74, 6) is -0.183. The predicted octanol–water partition coefficient (Wildman–Crippen LogP) is 3.05.